The Morgan fingerprint density at radius 2 is 2.50 bits per heavy atom. The standard InChI is InChI=1S/C7H9N3O3S/c1-9-3-5(10(11)12)2-6(9)4-13-7(8)14/h2-3H,4H2,1H3,(H2,8,14). The summed E-state index contributed by atoms with van der Waals surface area (Å²) in [6.45, 7) is 0.139. The number of nitrogens with zero attached hydrogens (tertiary/aromatic N) is 2. The van der Waals surface area contributed by atoms with Crippen LogP contribution in [-0.2, 0) is 18.4 Å². The van der Waals surface area contributed by atoms with E-state index in [0.29, 0.717) is 5.69 Å². The molecular formula is C7H9N3O3S. The number of rotatable bonds is 3. The summed E-state index contributed by atoms with van der Waals surface area (Å²) in [5, 5.41) is 10.3. The van der Waals surface area contributed by atoms with Crippen molar-refractivity contribution in [2.75, 3.05) is 0 Å². The number of ether oxygens (including phenoxy) is 1. The molecule has 0 aliphatic heterocycles. The molecule has 0 atom stereocenters. The van der Waals surface area contributed by atoms with Crippen molar-refractivity contribution in [3.8, 4) is 0 Å². The van der Waals surface area contributed by atoms with E-state index in [1.165, 1.54) is 12.3 Å². The Bertz CT molecular complexity index is 374. The lowest BCUT2D eigenvalue weighted by atomic mass is 10.4. The Hall–Kier alpha value is -1.63. The zero-order valence-electron chi connectivity index (χ0n) is 7.47. The Kier molecular flexibility index (Phi) is 3.03. The van der Waals surface area contributed by atoms with Crippen molar-refractivity contribution in [1.82, 2.24) is 4.57 Å². The van der Waals surface area contributed by atoms with Crippen LogP contribution < -0.4 is 5.73 Å². The summed E-state index contributed by atoms with van der Waals surface area (Å²) in [4.78, 5) is 9.94. The molecule has 1 rings (SSSR count). The summed E-state index contributed by atoms with van der Waals surface area (Å²) in [7, 11) is 1.69. The quantitative estimate of drug-likeness (QED) is 0.455. The van der Waals surface area contributed by atoms with Crippen molar-refractivity contribution in [2.45, 2.75) is 6.61 Å². The van der Waals surface area contributed by atoms with Crippen molar-refractivity contribution in [3.63, 3.8) is 0 Å². The Morgan fingerprint density at radius 1 is 1.86 bits per heavy atom. The average molecular weight is 215 g/mol. The summed E-state index contributed by atoms with van der Waals surface area (Å²) >= 11 is 4.51. The van der Waals surface area contributed by atoms with Gasteiger partial charge in [0.05, 0.1) is 16.8 Å². The fourth-order valence-corrected chi connectivity index (χ4v) is 1.04. The zero-order valence-corrected chi connectivity index (χ0v) is 8.28. The van der Waals surface area contributed by atoms with Gasteiger partial charge in [-0.3, -0.25) is 10.1 Å². The van der Waals surface area contributed by atoms with Gasteiger partial charge in [-0.25, -0.2) is 0 Å². The Balaban J connectivity index is 2.77. The second-order valence-electron chi connectivity index (χ2n) is 2.67. The topological polar surface area (TPSA) is 83.3 Å². The molecule has 2 N–H and O–H groups in total. The summed E-state index contributed by atoms with van der Waals surface area (Å²) in [6.07, 6.45) is 1.40. The van der Waals surface area contributed by atoms with Gasteiger partial charge in [-0.2, -0.15) is 0 Å². The van der Waals surface area contributed by atoms with Crippen LogP contribution in [0.15, 0.2) is 12.3 Å². The van der Waals surface area contributed by atoms with Gasteiger partial charge in [0.1, 0.15) is 6.61 Å². The molecule has 0 unspecified atom stereocenters. The maximum atomic E-state index is 10.4. The number of nitro groups is 1. The molecule has 7 heteroatoms. The van der Waals surface area contributed by atoms with Crippen molar-refractivity contribution < 1.29 is 9.66 Å². The molecule has 1 aromatic rings. The van der Waals surface area contributed by atoms with Gasteiger partial charge in [-0.1, -0.05) is 0 Å². The Labute approximate surface area is 85.4 Å². The third-order valence-electron chi connectivity index (χ3n) is 1.67. The molecule has 0 saturated carbocycles. The van der Waals surface area contributed by atoms with E-state index in [1.807, 2.05) is 0 Å². The highest BCUT2D eigenvalue weighted by Gasteiger charge is 2.11. The number of hydrogen-bond acceptors (Lipinski definition) is 4. The molecule has 0 aromatic carbocycles. The minimum atomic E-state index is -0.468. The fraction of sp³-hybridized carbons (Fsp3) is 0.286. The van der Waals surface area contributed by atoms with E-state index in [-0.39, 0.29) is 17.5 Å². The highest BCUT2D eigenvalue weighted by atomic mass is 32.1. The van der Waals surface area contributed by atoms with Gasteiger partial charge in [0, 0.05) is 13.1 Å². The third-order valence-corrected chi connectivity index (χ3v) is 1.78. The monoisotopic (exact) mass is 215 g/mol. The molecule has 76 valence electrons. The largest absolute Gasteiger partial charge is 0.465 e. The summed E-state index contributed by atoms with van der Waals surface area (Å²) in [5.74, 6) is 0. The first-order valence-corrected chi connectivity index (χ1v) is 4.13. The normalized spacial score (nSPS) is 9.79. The summed E-state index contributed by atoms with van der Waals surface area (Å²) in [5.41, 5.74) is 5.79. The number of nitrogens with two attached hydrogens (primary N) is 1. The van der Waals surface area contributed by atoms with Gasteiger partial charge >= 0.3 is 0 Å². The van der Waals surface area contributed by atoms with Crippen LogP contribution in [0.25, 0.3) is 0 Å². The first kappa shape index (κ1) is 10.5. The minimum Gasteiger partial charge on any atom is -0.465 e. The molecule has 0 saturated heterocycles. The number of thiocarbonyl (C=S) groups is 1. The molecule has 0 fully saturated rings. The Morgan fingerprint density at radius 3 is 2.93 bits per heavy atom. The smallest absolute Gasteiger partial charge is 0.287 e. The first-order chi connectivity index (χ1) is 6.50. The predicted octanol–water partition coefficient (Wildman–Crippen LogP) is 0.694. The van der Waals surface area contributed by atoms with Crippen molar-refractivity contribution in [3.05, 3.63) is 28.1 Å². The highest BCUT2D eigenvalue weighted by molar-refractivity contribution is 7.80. The van der Waals surface area contributed by atoms with Gasteiger partial charge < -0.3 is 15.0 Å². The van der Waals surface area contributed by atoms with Gasteiger partial charge in [-0.05, 0) is 12.2 Å². The van der Waals surface area contributed by atoms with E-state index in [9.17, 15) is 10.1 Å². The first-order valence-electron chi connectivity index (χ1n) is 3.72. The van der Waals surface area contributed by atoms with Crippen LogP contribution in [0.3, 0.4) is 0 Å². The van der Waals surface area contributed by atoms with Crippen LogP contribution >= 0.6 is 12.2 Å². The van der Waals surface area contributed by atoms with Crippen LogP contribution in [0.2, 0.25) is 0 Å². The molecule has 0 aliphatic rings. The average Bonchev–Trinajstić information content (AvgIpc) is 2.43. The van der Waals surface area contributed by atoms with Gasteiger partial charge in [0.2, 0.25) is 0 Å². The van der Waals surface area contributed by atoms with E-state index in [2.05, 4.69) is 12.2 Å². The molecule has 1 aromatic heterocycles. The van der Waals surface area contributed by atoms with Gasteiger partial charge in [0.25, 0.3) is 10.9 Å². The van der Waals surface area contributed by atoms with Crippen molar-refractivity contribution in [1.29, 1.82) is 0 Å². The van der Waals surface area contributed by atoms with Crippen molar-refractivity contribution >= 4 is 23.1 Å². The van der Waals surface area contributed by atoms with E-state index in [1.54, 1.807) is 11.6 Å². The lowest BCUT2D eigenvalue weighted by molar-refractivity contribution is -0.384. The lowest BCUT2D eigenvalue weighted by Gasteiger charge is -2.03. The second-order valence-corrected chi connectivity index (χ2v) is 3.07. The SMILES string of the molecule is Cn1cc([N+](=O)[O-])cc1COC(N)=S. The predicted molar refractivity (Wildman–Crippen MR) is 53.6 cm³/mol. The second kappa shape index (κ2) is 4.05. The van der Waals surface area contributed by atoms with Gasteiger partial charge in [-0.15, -0.1) is 0 Å². The van der Waals surface area contributed by atoms with Crippen LogP contribution in [-0.4, -0.2) is 14.7 Å². The summed E-state index contributed by atoms with van der Waals surface area (Å²) in [6, 6.07) is 1.41. The third kappa shape index (κ3) is 2.43. The van der Waals surface area contributed by atoms with E-state index in [4.69, 9.17) is 10.5 Å². The maximum Gasteiger partial charge on any atom is 0.287 e. The molecule has 0 amide bonds. The van der Waals surface area contributed by atoms with Crippen LogP contribution in [0.1, 0.15) is 5.69 Å². The molecule has 1 heterocycles. The van der Waals surface area contributed by atoms with E-state index >= 15 is 0 Å². The van der Waals surface area contributed by atoms with Gasteiger partial charge in [0.15, 0.2) is 0 Å². The zero-order chi connectivity index (χ0) is 10.7. The molecule has 0 spiro atoms. The van der Waals surface area contributed by atoms with E-state index in [0.717, 1.165) is 0 Å². The lowest BCUT2D eigenvalue weighted by Crippen LogP contribution is -2.13. The molecule has 0 radical (unpaired) electrons. The number of aryl methyl sites for hydroxylation is 1. The van der Waals surface area contributed by atoms with Crippen LogP contribution in [0, 0.1) is 10.1 Å². The van der Waals surface area contributed by atoms with Crippen molar-refractivity contribution in [2.24, 2.45) is 12.8 Å². The highest BCUT2D eigenvalue weighted by Crippen LogP contribution is 2.15. The minimum absolute atomic E-state index is 0.0223. The maximum absolute atomic E-state index is 10.4. The van der Waals surface area contributed by atoms with Crippen LogP contribution in [0.4, 0.5) is 5.69 Å². The molecule has 6 nitrogen and oxygen atoms in total. The molecule has 14 heavy (non-hydrogen) atoms. The molecular weight excluding hydrogens is 206 g/mol. The van der Waals surface area contributed by atoms with E-state index < -0.39 is 4.92 Å². The molecule has 0 bridgehead atoms. The van der Waals surface area contributed by atoms with Crippen LogP contribution in [0.5, 0.6) is 0 Å². The fourth-order valence-electron chi connectivity index (χ4n) is 0.980. The number of hydrogen-bond donors (Lipinski definition) is 1. The molecule has 0 aliphatic carbocycles. The number of aromatic nitrogens is 1. The summed E-state index contributed by atoms with van der Waals surface area (Å²) < 4.78 is 6.46.